The van der Waals surface area contributed by atoms with E-state index in [4.69, 9.17) is 11.6 Å². The molecule has 2 heterocycles. The predicted octanol–water partition coefficient (Wildman–Crippen LogP) is 2.01. The Morgan fingerprint density at radius 3 is 2.42 bits per heavy atom. The van der Waals surface area contributed by atoms with Crippen molar-refractivity contribution in [2.75, 3.05) is 14.1 Å². The zero-order valence-corrected chi connectivity index (χ0v) is 15.6. The maximum absolute atomic E-state index is 13.0. The molecule has 1 atom stereocenters. The molecule has 9 heteroatoms. The van der Waals surface area contributed by atoms with Crippen molar-refractivity contribution in [2.24, 2.45) is 5.10 Å². The topological polar surface area (TPSA) is 73.3 Å². The lowest BCUT2D eigenvalue weighted by Gasteiger charge is -2.32. The molecule has 0 radical (unpaired) electrons. The lowest BCUT2D eigenvalue weighted by molar-refractivity contribution is 0.0341. The largest absolute Gasteiger partial charge is 0.277 e. The number of hydrazone groups is 1. The molecule has 2 aliphatic heterocycles. The van der Waals surface area contributed by atoms with Crippen molar-refractivity contribution in [1.82, 2.24) is 14.2 Å². The van der Waals surface area contributed by atoms with Crippen molar-refractivity contribution in [2.45, 2.75) is 11.2 Å². The molecule has 2 aliphatic rings. The van der Waals surface area contributed by atoms with Gasteiger partial charge in [-0.1, -0.05) is 23.7 Å². The number of nitrogens with zero attached hydrogens (tertiary/aromatic N) is 4. The van der Waals surface area contributed by atoms with Crippen molar-refractivity contribution < 1.29 is 13.2 Å². The first-order valence-corrected chi connectivity index (χ1v) is 9.62. The summed E-state index contributed by atoms with van der Waals surface area (Å²) in [7, 11) is -0.390. The number of sulfonamides is 1. The summed E-state index contributed by atoms with van der Waals surface area (Å²) in [5.74, 6) is -0.156. The molecular weight excluding hydrogens is 376 g/mol. The minimum atomic E-state index is -3.79. The van der Waals surface area contributed by atoms with E-state index >= 15 is 0 Å². The standard InChI is InChI=1S/C17H15ClN4O3S/c1-20(2)17-21(16(23)11-7-9-12(18)10-8-11)19-15-13-5-3-4-6-14(13)26(24,25)22(15)17/h3-10,17H,1-2H3/t17-/m1/s1. The molecule has 0 bridgehead atoms. The summed E-state index contributed by atoms with van der Waals surface area (Å²) < 4.78 is 27.2. The van der Waals surface area contributed by atoms with E-state index in [2.05, 4.69) is 5.10 Å². The van der Waals surface area contributed by atoms with Crippen LogP contribution in [0.15, 0.2) is 58.5 Å². The van der Waals surface area contributed by atoms with Gasteiger partial charge < -0.3 is 0 Å². The van der Waals surface area contributed by atoms with E-state index in [0.717, 1.165) is 0 Å². The summed E-state index contributed by atoms with van der Waals surface area (Å²) in [6.45, 7) is 0. The molecule has 2 aromatic rings. The maximum atomic E-state index is 13.0. The van der Waals surface area contributed by atoms with Gasteiger partial charge >= 0.3 is 0 Å². The van der Waals surface area contributed by atoms with E-state index in [1.54, 1.807) is 67.5 Å². The second-order valence-electron chi connectivity index (χ2n) is 6.19. The molecule has 0 aromatic heterocycles. The summed E-state index contributed by atoms with van der Waals surface area (Å²) in [5.41, 5.74) is 0.864. The Bertz CT molecular complexity index is 1030. The molecule has 0 spiro atoms. The summed E-state index contributed by atoms with van der Waals surface area (Å²) in [5, 5.41) is 6.06. The minimum Gasteiger partial charge on any atom is -0.270 e. The summed E-state index contributed by atoms with van der Waals surface area (Å²) in [6.07, 6.45) is -0.884. The number of carbonyl (C=O) groups is 1. The molecule has 0 fully saturated rings. The van der Waals surface area contributed by atoms with Crippen LogP contribution in [0.5, 0.6) is 0 Å². The Morgan fingerprint density at radius 1 is 1.12 bits per heavy atom. The highest BCUT2D eigenvalue weighted by Gasteiger charge is 2.52. The van der Waals surface area contributed by atoms with Crippen LogP contribution >= 0.6 is 11.6 Å². The fraction of sp³-hybridized carbons (Fsp3) is 0.176. The summed E-state index contributed by atoms with van der Waals surface area (Å²) in [6, 6.07) is 13.0. The lowest BCUT2D eigenvalue weighted by atomic mass is 10.2. The fourth-order valence-electron chi connectivity index (χ4n) is 3.10. The maximum Gasteiger partial charge on any atom is 0.277 e. The van der Waals surface area contributed by atoms with Crippen LogP contribution in [0.1, 0.15) is 15.9 Å². The smallest absolute Gasteiger partial charge is 0.270 e. The highest BCUT2D eigenvalue weighted by atomic mass is 35.5. The Balaban J connectivity index is 1.84. The fourth-order valence-corrected chi connectivity index (χ4v) is 5.02. The number of amides is 1. The molecule has 2 aromatic carbocycles. The molecule has 26 heavy (non-hydrogen) atoms. The lowest BCUT2D eigenvalue weighted by Crippen LogP contribution is -2.53. The summed E-state index contributed by atoms with van der Waals surface area (Å²) in [4.78, 5) is 14.8. The van der Waals surface area contributed by atoms with Crippen LogP contribution in [0.25, 0.3) is 0 Å². The van der Waals surface area contributed by atoms with Gasteiger partial charge in [0.05, 0.1) is 4.90 Å². The van der Waals surface area contributed by atoms with Crippen LogP contribution in [0.2, 0.25) is 5.02 Å². The van der Waals surface area contributed by atoms with Crippen molar-refractivity contribution in [3.8, 4) is 0 Å². The highest BCUT2D eigenvalue weighted by Crippen LogP contribution is 2.38. The van der Waals surface area contributed by atoms with E-state index in [9.17, 15) is 13.2 Å². The predicted molar refractivity (Wildman–Crippen MR) is 97.1 cm³/mol. The van der Waals surface area contributed by atoms with Crippen molar-refractivity contribution >= 4 is 33.4 Å². The van der Waals surface area contributed by atoms with Gasteiger partial charge in [-0.15, -0.1) is 5.10 Å². The first-order valence-electron chi connectivity index (χ1n) is 7.80. The average Bonchev–Trinajstić information content (AvgIpc) is 3.11. The number of benzene rings is 2. The zero-order valence-electron chi connectivity index (χ0n) is 14.0. The third kappa shape index (κ3) is 2.33. The quantitative estimate of drug-likeness (QED) is 0.786. The van der Waals surface area contributed by atoms with Gasteiger partial charge in [0.1, 0.15) is 0 Å². The Labute approximate surface area is 156 Å². The number of carbonyl (C=O) groups excluding carboxylic acids is 1. The van der Waals surface area contributed by atoms with E-state index in [1.807, 2.05) is 0 Å². The van der Waals surface area contributed by atoms with Gasteiger partial charge in [0.2, 0.25) is 0 Å². The number of fused-ring (bicyclic) bond motifs is 3. The second-order valence-corrected chi connectivity index (χ2v) is 8.41. The monoisotopic (exact) mass is 390 g/mol. The van der Waals surface area contributed by atoms with Gasteiger partial charge in [-0.25, -0.2) is 12.7 Å². The van der Waals surface area contributed by atoms with Crippen LogP contribution in [-0.2, 0) is 10.0 Å². The Morgan fingerprint density at radius 2 is 1.77 bits per heavy atom. The molecule has 7 nitrogen and oxygen atoms in total. The Hall–Kier alpha value is -2.42. The SMILES string of the molecule is CN(C)[C@@H]1N(C(=O)c2ccc(Cl)cc2)N=C2c3ccccc3S(=O)(=O)N21. The third-order valence-corrected chi connectivity index (χ3v) is 6.31. The zero-order chi connectivity index (χ0) is 18.6. The van der Waals surface area contributed by atoms with Crippen molar-refractivity contribution in [1.29, 1.82) is 0 Å². The molecule has 4 rings (SSSR count). The second kappa shape index (κ2) is 5.80. The molecule has 0 aliphatic carbocycles. The van der Waals surface area contributed by atoms with Crippen LogP contribution in [0.3, 0.4) is 0 Å². The minimum absolute atomic E-state index is 0.198. The molecule has 0 N–H and O–H groups in total. The first kappa shape index (κ1) is 17.0. The highest BCUT2D eigenvalue weighted by molar-refractivity contribution is 7.90. The number of hydrogen-bond donors (Lipinski definition) is 0. The van der Waals surface area contributed by atoms with Crippen LogP contribution in [0, 0.1) is 0 Å². The van der Waals surface area contributed by atoms with Gasteiger partial charge in [-0.05, 0) is 50.5 Å². The van der Waals surface area contributed by atoms with Gasteiger partial charge in [0.25, 0.3) is 15.9 Å². The van der Waals surface area contributed by atoms with E-state index in [-0.39, 0.29) is 10.7 Å². The number of hydrogen-bond acceptors (Lipinski definition) is 5. The first-order chi connectivity index (χ1) is 12.3. The van der Waals surface area contributed by atoms with Crippen LogP contribution in [0.4, 0.5) is 0 Å². The van der Waals surface area contributed by atoms with Crippen molar-refractivity contribution in [3.05, 3.63) is 64.7 Å². The van der Waals surface area contributed by atoms with Gasteiger partial charge in [-0.2, -0.15) is 5.01 Å². The number of halogens is 1. The number of rotatable bonds is 2. The van der Waals surface area contributed by atoms with Gasteiger partial charge in [0.15, 0.2) is 12.1 Å². The van der Waals surface area contributed by atoms with Crippen LogP contribution in [-0.4, -0.2) is 54.8 Å². The van der Waals surface area contributed by atoms with E-state index in [1.165, 1.54) is 9.31 Å². The third-order valence-electron chi connectivity index (χ3n) is 4.27. The molecule has 0 saturated carbocycles. The summed E-state index contributed by atoms with van der Waals surface area (Å²) >= 11 is 5.88. The van der Waals surface area contributed by atoms with Crippen molar-refractivity contribution in [3.63, 3.8) is 0 Å². The average molecular weight is 391 g/mol. The molecular formula is C17H15ClN4O3S. The number of amidine groups is 1. The molecule has 0 unspecified atom stereocenters. The van der Waals surface area contributed by atoms with Gasteiger partial charge in [0, 0.05) is 16.1 Å². The molecule has 1 amide bonds. The van der Waals surface area contributed by atoms with Crippen LogP contribution < -0.4 is 0 Å². The normalized spacial score (nSPS) is 20.2. The van der Waals surface area contributed by atoms with Gasteiger partial charge in [-0.3, -0.25) is 9.69 Å². The van der Waals surface area contributed by atoms with E-state index < -0.39 is 22.2 Å². The van der Waals surface area contributed by atoms with E-state index in [0.29, 0.717) is 16.1 Å². The Kier molecular flexibility index (Phi) is 3.80. The molecule has 0 saturated heterocycles. The molecule has 134 valence electrons.